The Bertz CT molecular complexity index is 1430. The molecule has 0 saturated carbocycles. The highest BCUT2D eigenvalue weighted by molar-refractivity contribution is 9.10. The molecule has 0 heterocycles. The molecule has 0 bridgehead atoms. The quantitative estimate of drug-likeness (QED) is 0.337. The molecule has 3 rings (SSSR count). The Morgan fingerprint density at radius 1 is 1.08 bits per heavy atom. The smallest absolute Gasteiger partial charge is 0.264 e. The van der Waals surface area contributed by atoms with Gasteiger partial charge in [0.05, 0.1) is 22.2 Å². The predicted molar refractivity (Wildman–Crippen MR) is 152 cm³/mol. The Hall–Kier alpha value is -3.44. The summed E-state index contributed by atoms with van der Waals surface area (Å²) in [7, 11) is -2.79. The molecule has 0 spiro atoms. The maximum atomic E-state index is 14.5. The van der Waals surface area contributed by atoms with Gasteiger partial charge in [-0.05, 0) is 73.1 Å². The fourth-order valence-corrected chi connectivity index (χ4v) is 6.02. The number of sulfonamides is 1. The van der Waals surface area contributed by atoms with Crippen molar-refractivity contribution in [2.24, 2.45) is 0 Å². The second kappa shape index (κ2) is 13.1. The summed E-state index contributed by atoms with van der Waals surface area (Å²) in [6.07, 6.45) is 0. The molecule has 0 aromatic heterocycles. The number of likely N-dealkylation sites (N-methyl/N-ethyl adjacent to an activating group) is 1. The zero-order valence-electron chi connectivity index (χ0n) is 22.1. The second-order valence-corrected chi connectivity index (χ2v) is 11.5. The van der Waals surface area contributed by atoms with Crippen LogP contribution in [0.1, 0.15) is 25.0 Å². The van der Waals surface area contributed by atoms with E-state index in [0.717, 1.165) is 9.87 Å². The number of rotatable bonds is 11. The van der Waals surface area contributed by atoms with Crippen LogP contribution in [0.2, 0.25) is 0 Å². The van der Waals surface area contributed by atoms with Crippen molar-refractivity contribution < 1.29 is 27.1 Å². The lowest BCUT2D eigenvalue weighted by atomic mass is 10.1. The van der Waals surface area contributed by atoms with E-state index in [9.17, 15) is 22.4 Å². The van der Waals surface area contributed by atoms with Crippen molar-refractivity contribution in [2.45, 2.75) is 38.3 Å². The largest absolute Gasteiger partial charge is 0.496 e. The van der Waals surface area contributed by atoms with Gasteiger partial charge in [-0.15, -0.1) is 0 Å². The molecule has 8 nitrogen and oxygen atoms in total. The van der Waals surface area contributed by atoms with Crippen LogP contribution in [0.15, 0.2) is 76.1 Å². The molecule has 11 heteroatoms. The molecular weight excluding hydrogens is 589 g/mol. The van der Waals surface area contributed by atoms with Crippen LogP contribution in [-0.4, -0.2) is 51.4 Å². The molecule has 2 amide bonds. The number of anilines is 1. The molecule has 0 unspecified atom stereocenters. The summed E-state index contributed by atoms with van der Waals surface area (Å²) < 4.78 is 49.0. The van der Waals surface area contributed by atoms with Gasteiger partial charge >= 0.3 is 0 Å². The number of ether oxygens (including phenoxy) is 1. The van der Waals surface area contributed by atoms with Crippen LogP contribution >= 0.6 is 15.9 Å². The van der Waals surface area contributed by atoms with Crippen molar-refractivity contribution in [1.82, 2.24) is 10.2 Å². The van der Waals surface area contributed by atoms with Gasteiger partial charge in [0.15, 0.2) is 0 Å². The van der Waals surface area contributed by atoms with E-state index in [1.807, 2.05) is 6.92 Å². The van der Waals surface area contributed by atoms with Gasteiger partial charge in [0.25, 0.3) is 10.0 Å². The van der Waals surface area contributed by atoms with Crippen LogP contribution < -0.4 is 14.4 Å². The first-order chi connectivity index (χ1) is 18.5. The van der Waals surface area contributed by atoms with Crippen LogP contribution in [0, 0.1) is 12.7 Å². The molecule has 208 valence electrons. The predicted octanol–water partition coefficient (Wildman–Crippen LogP) is 4.65. The molecule has 39 heavy (non-hydrogen) atoms. The van der Waals surface area contributed by atoms with E-state index in [4.69, 9.17) is 4.74 Å². The molecule has 0 aliphatic carbocycles. The van der Waals surface area contributed by atoms with E-state index in [-0.39, 0.29) is 22.7 Å². The third-order valence-electron chi connectivity index (χ3n) is 6.13. The van der Waals surface area contributed by atoms with Crippen molar-refractivity contribution >= 4 is 43.5 Å². The van der Waals surface area contributed by atoms with Gasteiger partial charge in [0, 0.05) is 18.7 Å². The molecular formula is C28H31BrFN3O5S. The van der Waals surface area contributed by atoms with Gasteiger partial charge in [-0.2, -0.15) is 0 Å². The van der Waals surface area contributed by atoms with Crippen LogP contribution in [0.5, 0.6) is 5.75 Å². The van der Waals surface area contributed by atoms with Crippen molar-refractivity contribution in [2.75, 3.05) is 24.5 Å². The third kappa shape index (κ3) is 7.15. The summed E-state index contributed by atoms with van der Waals surface area (Å²) in [5.74, 6) is -1.21. The average molecular weight is 621 g/mol. The van der Waals surface area contributed by atoms with Crippen LogP contribution in [-0.2, 0) is 26.2 Å². The number of nitrogens with zero attached hydrogens (tertiary/aromatic N) is 2. The Morgan fingerprint density at radius 3 is 2.33 bits per heavy atom. The Labute approximate surface area is 236 Å². The van der Waals surface area contributed by atoms with E-state index in [1.165, 1.54) is 55.3 Å². The lowest BCUT2D eigenvalue weighted by molar-refractivity contribution is -0.139. The number of aryl methyl sites for hydroxylation is 1. The van der Waals surface area contributed by atoms with Gasteiger partial charge in [-0.25, -0.2) is 12.8 Å². The monoisotopic (exact) mass is 619 g/mol. The topological polar surface area (TPSA) is 96.0 Å². The first kappa shape index (κ1) is 30.1. The average Bonchev–Trinajstić information content (AvgIpc) is 2.91. The molecule has 0 aliphatic rings. The molecule has 0 radical (unpaired) electrons. The molecule has 0 fully saturated rings. The first-order valence-corrected chi connectivity index (χ1v) is 14.5. The Morgan fingerprint density at radius 2 is 1.74 bits per heavy atom. The van der Waals surface area contributed by atoms with E-state index in [2.05, 4.69) is 21.2 Å². The highest BCUT2D eigenvalue weighted by Crippen LogP contribution is 2.31. The maximum Gasteiger partial charge on any atom is 0.264 e. The zero-order chi connectivity index (χ0) is 28.7. The number of carbonyl (C=O) groups is 2. The minimum Gasteiger partial charge on any atom is -0.496 e. The standard InChI is InChI=1S/C28H31BrFN3O5S/c1-5-31-28(35)20(3)32(17-21-8-6-7-9-25(21)30)27(34)18-33(22-12-10-19(2)11-13-22)39(36,37)23-14-15-26(38-4)24(29)16-23/h6-16,20H,5,17-18H2,1-4H3,(H,31,35)/t20-/m0/s1. The third-order valence-corrected chi connectivity index (χ3v) is 8.52. The number of amides is 2. The molecule has 0 aliphatic heterocycles. The van der Waals surface area contributed by atoms with Crippen molar-refractivity contribution in [3.8, 4) is 5.75 Å². The Kier molecular flexibility index (Phi) is 10.1. The van der Waals surface area contributed by atoms with Gasteiger partial charge < -0.3 is 15.0 Å². The summed E-state index contributed by atoms with van der Waals surface area (Å²) in [6.45, 7) is 4.62. The van der Waals surface area contributed by atoms with Crippen molar-refractivity contribution in [3.63, 3.8) is 0 Å². The molecule has 1 atom stereocenters. The highest BCUT2D eigenvalue weighted by Gasteiger charge is 2.33. The summed E-state index contributed by atoms with van der Waals surface area (Å²) in [4.78, 5) is 27.6. The van der Waals surface area contributed by atoms with Gasteiger partial charge in [-0.3, -0.25) is 13.9 Å². The first-order valence-electron chi connectivity index (χ1n) is 12.2. The van der Waals surface area contributed by atoms with Gasteiger partial charge in [-0.1, -0.05) is 35.9 Å². The number of benzene rings is 3. The number of hydrogen-bond acceptors (Lipinski definition) is 5. The van der Waals surface area contributed by atoms with Crippen molar-refractivity contribution in [3.05, 3.63) is 88.1 Å². The summed E-state index contributed by atoms with van der Waals surface area (Å²) >= 11 is 3.32. The van der Waals surface area contributed by atoms with E-state index >= 15 is 0 Å². The molecule has 3 aromatic carbocycles. The van der Waals surface area contributed by atoms with Crippen LogP contribution in [0.25, 0.3) is 0 Å². The highest BCUT2D eigenvalue weighted by atomic mass is 79.9. The Balaban J connectivity index is 2.06. The number of hydrogen-bond donors (Lipinski definition) is 1. The van der Waals surface area contributed by atoms with Crippen molar-refractivity contribution in [1.29, 1.82) is 0 Å². The van der Waals surface area contributed by atoms with E-state index < -0.39 is 40.2 Å². The molecule has 3 aromatic rings. The minimum atomic E-state index is -4.25. The second-order valence-electron chi connectivity index (χ2n) is 8.83. The number of nitrogens with one attached hydrogen (secondary N) is 1. The molecule has 0 saturated heterocycles. The van der Waals surface area contributed by atoms with E-state index in [1.54, 1.807) is 37.3 Å². The van der Waals surface area contributed by atoms with Crippen LogP contribution in [0.4, 0.5) is 10.1 Å². The fourth-order valence-electron chi connectivity index (χ4n) is 3.89. The summed E-state index contributed by atoms with van der Waals surface area (Å²) in [6, 6.07) is 15.9. The molecule has 1 N–H and O–H groups in total. The number of halogens is 2. The summed E-state index contributed by atoms with van der Waals surface area (Å²) in [5, 5.41) is 2.67. The van der Waals surface area contributed by atoms with Gasteiger partial charge in [0.1, 0.15) is 24.2 Å². The van der Waals surface area contributed by atoms with Crippen LogP contribution in [0.3, 0.4) is 0 Å². The normalized spacial score (nSPS) is 11.9. The lowest BCUT2D eigenvalue weighted by Crippen LogP contribution is -2.51. The lowest BCUT2D eigenvalue weighted by Gasteiger charge is -2.32. The summed E-state index contributed by atoms with van der Waals surface area (Å²) in [5.41, 5.74) is 1.36. The minimum absolute atomic E-state index is 0.0685. The maximum absolute atomic E-state index is 14.5. The SMILES string of the molecule is CCNC(=O)[C@H](C)N(Cc1ccccc1F)C(=O)CN(c1ccc(C)cc1)S(=O)(=O)c1ccc(OC)c(Br)c1. The van der Waals surface area contributed by atoms with Gasteiger partial charge in [0.2, 0.25) is 11.8 Å². The number of carbonyl (C=O) groups excluding carboxylic acids is 2. The fraction of sp³-hybridized carbons (Fsp3) is 0.286. The van der Waals surface area contributed by atoms with E-state index in [0.29, 0.717) is 16.8 Å². The number of methoxy groups -OCH3 is 1. The zero-order valence-corrected chi connectivity index (χ0v) is 24.6.